The van der Waals surface area contributed by atoms with Crippen molar-refractivity contribution in [3.8, 4) is 0 Å². The summed E-state index contributed by atoms with van der Waals surface area (Å²) in [4.78, 5) is 12.6. The number of hydrogen-bond donors (Lipinski definition) is 2. The molecule has 6 nitrogen and oxygen atoms in total. The Hall–Kier alpha value is -2.29. The van der Waals surface area contributed by atoms with Crippen LogP contribution in [0.4, 0.5) is 4.39 Å². The highest BCUT2D eigenvalue weighted by molar-refractivity contribution is 7.89. The van der Waals surface area contributed by atoms with Crippen molar-refractivity contribution in [1.82, 2.24) is 14.9 Å². The van der Waals surface area contributed by atoms with E-state index in [2.05, 4.69) is 10.6 Å². The monoisotopic (exact) mass is 435 g/mol. The Morgan fingerprint density at radius 1 is 1.00 bits per heavy atom. The molecule has 2 aromatic rings. The number of amides is 1. The third-order valence-electron chi connectivity index (χ3n) is 5.00. The lowest BCUT2D eigenvalue weighted by molar-refractivity contribution is -0.123. The average molecular weight is 436 g/mol. The molecule has 0 spiro atoms. The van der Waals surface area contributed by atoms with Crippen LogP contribution in [0.3, 0.4) is 0 Å². The molecule has 8 heteroatoms. The van der Waals surface area contributed by atoms with Crippen LogP contribution in [0.15, 0.2) is 53.4 Å². The molecule has 0 saturated carbocycles. The Morgan fingerprint density at radius 2 is 1.57 bits per heavy atom. The molecule has 2 atom stereocenters. The van der Waals surface area contributed by atoms with Crippen LogP contribution in [-0.2, 0) is 21.4 Å². The van der Waals surface area contributed by atoms with Gasteiger partial charge in [0.15, 0.2) is 0 Å². The second-order valence-corrected chi connectivity index (χ2v) is 9.05. The Balaban J connectivity index is 1.95. The molecule has 2 N–H and O–H groups in total. The van der Waals surface area contributed by atoms with Crippen LogP contribution in [0.25, 0.3) is 0 Å². The zero-order chi connectivity index (χ0) is 22.3. The number of carbonyl (C=O) groups excluding carboxylic acids is 1. The number of halogens is 1. The number of hydrogen-bond acceptors (Lipinski definition) is 4. The molecule has 1 amide bonds. The minimum atomic E-state index is -3.49. The molecular weight excluding hydrogens is 405 g/mol. The van der Waals surface area contributed by atoms with E-state index in [1.165, 1.54) is 16.4 Å². The van der Waals surface area contributed by atoms with Gasteiger partial charge in [-0.15, -0.1) is 0 Å². The molecular formula is C22H30FN3O3S. The second-order valence-electron chi connectivity index (χ2n) is 7.11. The van der Waals surface area contributed by atoms with E-state index in [4.69, 9.17) is 0 Å². The summed E-state index contributed by atoms with van der Waals surface area (Å²) in [5.74, 6) is -0.489. The Bertz CT molecular complexity index is 927. The van der Waals surface area contributed by atoms with E-state index in [9.17, 15) is 17.6 Å². The van der Waals surface area contributed by atoms with Crippen LogP contribution in [0.2, 0.25) is 0 Å². The summed E-state index contributed by atoms with van der Waals surface area (Å²) < 4.78 is 39.5. The predicted molar refractivity (Wildman–Crippen MR) is 116 cm³/mol. The summed E-state index contributed by atoms with van der Waals surface area (Å²) in [5, 5.41) is 6.03. The number of benzene rings is 2. The maximum Gasteiger partial charge on any atom is 0.243 e. The van der Waals surface area contributed by atoms with Crippen LogP contribution in [0.5, 0.6) is 0 Å². The predicted octanol–water partition coefficient (Wildman–Crippen LogP) is 3.21. The zero-order valence-corrected chi connectivity index (χ0v) is 18.7. The lowest BCUT2D eigenvalue weighted by Crippen LogP contribution is -2.42. The molecule has 0 saturated heterocycles. The van der Waals surface area contributed by atoms with Crippen molar-refractivity contribution in [2.75, 3.05) is 13.1 Å². The Kier molecular flexibility index (Phi) is 8.52. The molecule has 30 heavy (non-hydrogen) atoms. The summed E-state index contributed by atoms with van der Waals surface area (Å²) in [6, 6.07) is 12.1. The number of carbonyl (C=O) groups is 1. The van der Waals surface area contributed by atoms with Gasteiger partial charge < -0.3 is 5.32 Å². The smallest absolute Gasteiger partial charge is 0.243 e. The topological polar surface area (TPSA) is 78.5 Å². The molecule has 0 aliphatic rings. The fourth-order valence-electron chi connectivity index (χ4n) is 3.13. The second kappa shape index (κ2) is 10.7. The van der Waals surface area contributed by atoms with Crippen LogP contribution >= 0.6 is 0 Å². The molecule has 0 aliphatic heterocycles. The van der Waals surface area contributed by atoms with Crippen LogP contribution in [-0.4, -0.2) is 37.8 Å². The maximum absolute atomic E-state index is 13.0. The van der Waals surface area contributed by atoms with E-state index in [0.29, 0.717) is 19.6 Å². The number of rotatable bonds is 10. The van der Waals surface area contributed by atoms with Gasteiger partial charge in [-0.25, -0.2) is 12.8 Å². The molecule has 0 radical (unpaired) electrons. The van der Waals surface area contributed by atoms with E-state index in [1.807, 2.05) is 20.8 Å². The van der Waals surface area contributed by atoms with Gasteiger partial charge in [0.25, 0.3) is 0 Å². The van der Waals surface area contributed by atoms with Gasteiger partial charge in [-0.2, -0.15) is 4.31 Å². The summed E-state index contributed by atoms with van der Waals surface area (Å²) >= 11 is 0. The van der Waals surface area contributed by atoms with Gasteiger partial charge in [0.05, 0.1) is 10.9 Å². The van der Waals surface area contributed by atoms with Gasteiger partial charge in [-0.3, -0.25) is 10.1 Å². The highest BCUT2D eigenvalue weighted by Crippen LogP contribution is 2.19. The largest absolute Gasteiger partial charge is 0.351 e. The fraction of sp³-hybridized carbons (Fsp3) is 0.409. The summed E-state index contributed by atoms with van der Waals surface area (Å²) in [6.45, 7) is 8.45. The van der Waals surface area contributed by atoms with Crippen LogP contribution in [0.1, 0.15) is 44.9 Å². The first kappa shape index (κ1) is 24.0. The van der Waals surface area contributed by atoms with Crippen molar-refractivity contribution >= 4 is 15.9 Å². The first-order chi connectivity index (χ1) is 14.2. The molecule has 2 unspecified atom stereocenters. The van der Waals surface area contributed by atoms with Gasteiger partial charge in [0.1, 0.15) is 5.82 Å². The molecule has 0 heterocycles. The van der Waals surface area contributed by atoms with Crippen molar-refractivity contribution in [2.24, 2.45) is 0 Å². The molecule has 2 rings (SSSR count). The van der Waals surface area contributed by atoms with Crippen molar-refractivity contribution in [1.29, 1.82) is 0 Å². The van der Waals surface area contributed by atoms with Gasteiger partial charge >= 0.3 is 0 Å². The number of nitrogens with zero attached hydrogens (tertiary/aromatic N) is 1. The third-order valence-corrected chi connectivity index (χ3v) is 7.06. The summed E-state index contributed by atoms with van der Waals surface area (Å²) in [7, 11) is -3.49. The Morgan fingerprint density at radius 3 is 2.10 bits per heavy atom. The molecule has 0 fully saturated rings. The number of nitrogens with one attached hydrogen (secondary N) is 2. The van der Waals surface area contributed by atoms with Crippen molar-refractivity contribution in [3.63, 3.8) is 0 Å². The minimum Gasteiger partial charge on any atom is -0.351 e. The molecule has 164 valence electrons. The van der Waals surface area contributed by atoms with Crippen LogP contribution in [0, 0.1) is 5.82 Å². The highest BCUT2D eigenvalue weighted by Gasteiger charge is 2.22. The highest BCUT2D eigenvalue weighted by atomic mass is 32.2. The van der Waals surface area contributed by atoms with E-state index in [-0.39, 0.29) is 22.7 Å². The van der Waals surface area contributed by atoms with E-state index >= 15 is 0 Å². The lowest BCUT2D eigenvalue weighted by atomic mass is 10.1. The first-order valence-corrected chi connectivity index (χ1v) is 11.5. The van der Waals surface area contributed by atoms with Crippen molar-refractivity contribution < 1.29 is 17.6 Å². The van der Waals surface area contributed by atoms with Crippen molar-refractivity contribution in [3.05, 3.63) is 65.5 Å². The quantitative estimate of drug-likeness (QED) is 0.601. The van der Waals surface area contributed by atoms with Crippen molar-refractivity contribution in [2.45, 2.75) is 51.2 Å². The fourth-order valence-corrected chi connectivity index (χ4v) is 4.59. The minimum absolute atomic E-state index is 0.151. The molecule has 0 aliphatic carbocycles. The van der Waals surface area contributed by atoms with Gasteiger partial charge in [0, 0.05) is 25.7 Å². The lowest BCUT2D eigenvalue weighted by Gasteiger charge is -2.21. The zero-order valence-electron chi connectivity index (χ0n) is 17.9. The third kappa shape index (κ3) is 6.10. The average Bonchev–Trinajstić information content (AvgIpc) is 2.73. The van der Waals surface area contributed by atoms with Crippen LogP contribution < -0.4 is 10.6 Å². The maximum atomic E-state index is 13.0. The van der Waals surface area contributed by atoms with E-state index in [1.54, 1.807) is 43.3 Å². The van der Waals surface area contributed by atoms with Gasteiger partial charge in [0.2, 0.25) is 15.9 Å². The standard InChI is InChI=1S/C22H30FN3O3S/c1-5-26(6-2)30(28,29)21-13-9-19(10-14-21)16(3)25-17(4)22(27)24-15-18-7-11-20(23)12-8-18/h7-14,16-17,25H,5-6,15H2,1-4H3,(H,24,27). The normalized spacial score (nSPS) is 13.8. The summed E-state index contributed by atoms with van der Waals surface area (Å²) in [6.07, 6.45) is 0. The van der Waals surface area contributed by atoms with E-state index < -0.39 is 16.1 Å². The van der Waals surface area contributed by atoms with E-state index in [0.717, 1.165) is 11.1 Å². The molecule has 0 bridgehead atoms. The SMILES string of the molecule is CCN(CC)S(=O)(=O)c1ccc(C(C)NC(C)C(=O)NCc2ccc(F)cc2)cc1. The number of sulfonamides is 1. The Labute approximate surface area is 178 Å². The van der Waals surface area contributed by atoms with Gasteiger partial charge in [-0.05, 0) is 49.2 Å². The van der Waals surface area contributed by atoms with Gasteiger partial charge in [-0.1, -0.05) is 38.1 Å². The molecule has 2 aromatic carbocycles. The first-order valence-electron chi connectivity index (χ1n) is 10.1. The summed E-state index contributed by atoms with van der Waals surface area (Å²) in [5.41, 5.74) is 1.70. The molecule has 0 aromatic heterocycles.